The molecule has 13 heavy (non-hydrogen) atoms. The smallest absolute Gasteiger partial charge is 0.0852 e. The molecule has 1 rings (SSSR count). The van der Waals surface area contributed by atoms with E-state index in [1.807, 2.05) is 19.1 Å². The first-order valence-corrected chi connectivity index (χ1v) is 4.32. The lowest BCUT2D eigenvalue weighted by Crippen LogP contribution is -2.14. The number of aromatic nitrogens is 1. The number of methoxy groups -OCH3 is 1. The molecule has 0 aliphatic heterocycles. The van der Waals surface area contributed by atoms with Crippen LogP contribution in [0, 0.1) is 5.92 Å². The highest BCUT2D eigenvalue weighted by Crippen LogP contribution is 2.20. The van der Waals surface area contributed by atoms with Crippen LogP contribution in [0.2, 0.25) is 0 Å². The van der Waals surface area contributed by atoms with Gasteiger partial charge in [0.15, 0.2) is 0 Å². The van der Waals surface area contributed by atoms with E-state index >= 15 is 0 Å². The molecule has 3 nitrogen and oxygen atoms in total. The highest BCUT2D eigenvalue weighted by molar-refractivity contribution is 5.12. The summed E-state index contributed by atoms with van der Waals surface area (Å²) in [4.78, 5) is 3.95. The standard InChI is InChI=1S/C10H15NO2/c1-8(7-13-2)10(12)9-4-3-5-11-6-9/h3-6,8,10,12H,7H2,1-2H3. The molecule has 2 unspecified atom stereocenters. The van der Waals surface area contributed by atoms with E-state index in [0.717, 1.165) is 5.56 Å². The minimum atomic E-state index is -0.492. The third-order valence-corrected chi connectivity index (χ3v) is 1.99. The SMILES string of the molecule is COCC(C)C(O)c1cccnc1. The van der Waals surface area contributed by atoms with Crippen molar-refractivity contribution in [2.45, 2.75) is 13.0 Å². The van der Waals surface area contributed by atoms with Crippen molar-refractivity contribution in [1.82, 2.24) is 4.98 Å². The van der Waals surface area contributed by atoms with Gasteiger partial charge < -0.3 is 9.84 Å². The van der Waals surface area contributed by atoms with E-state index in [4.69, 9.17) is 4.74 Å². The van der Waals surface area contributed by atoms with Crippen LogP contribution in [0.25, 0.3) is 0 Å². The zero-order valence-electron chi connectivity index (χ0n) is 7.97. The normalized spacial score (nSPS) is 15.3. The van der Waals surface area contributed by atoms with E-state index in [0.29, 0.717) is 6.61 Å². The van der Waals surface area contributed by atoms with E-state index in [2.05, 4.69) is 4.98 Å². The van der Waals surface area contributed by atoms with Gasteiger partial charge in [0.1, 0.15) is 0 Å². The van der Waals surface area contributed by atoms with Crippen LogP contribution in [-0.4, -0.2) is 23.8 Å². The molecule has 0 saturated carbocycles. The van der Waals surface area contributed by atoms with Crippen LogP contribution in [-0.2, 0) is 4.74 Å². The molecule has 0 amide bonds. The Balaban J connectivity index is 2.62. The summed E-state index contributed by atoms with van der Waals surface area (Å²) in [6.45, 7) is 2.50. The van der Waals surface area contributed by atoms with E-state index in [9.17, 15) is 5.11 Å². The first-order chi connectivity index (χ1) is 6.25. The first kappa shape index (κ1) is 10.2. The van der Waals surface area contributed by atoms with Gasteiger partial charge in [0.05, 0.1) is 12.7 Å². The molecule has 0 bridgehead atoms. The van der Waals surface area contributed by atoms with Crippen molar-refractivity contribution in [3.05, 3.63) is 30.1 Å². The molecule has 1 aromatic heterocycles. The highest BCUT2D eigenvalue weighted by Gasteiger charge is 2.15. The summed E-state index contributed by atoms with van der Waals surface area (Å²) in [6.07, 6.45) is 2.88. The monoisotopic (exact) mass is 181 g/mol. The predicted octanol–water partition coefficient (Wildman–Crippen LogP) is 1.40. The number of hydrogen-bond acceptors (Lipinski definition) is 3. The summed E-state index contributed by atoms with van der Waals surface area (Å²) >= 11 is 0. The minimum absolute atomic E-state index is 0.0919. The fourth-order valence-corrected chi connectivity index (χ4v) is 1.23. The molecule has 3 heteroatoms. The molecule has 0 aliphatic rings. The topological polar surface area (TPSA) is 42.4 Å². The molecule has 2 atom stereocenters. The van der Waals surface area contributed by atoms with E-state index in [1.54, 1.807) is 19.5 Å². The van der Waals surface area contributed by atoms with Crippen molar-refractivity contribution in [3.8, 4) is 0 Å². The Labute approximate surface area is 78.4 Å². The molecule has 1 aromatic rings. The second-order valence-corrected chi connectivity index (χ2v) is 3.16. The fourth-order valence-electron chi connectivity index (χ4n) is 1.23. The molecule has 0 aliphatic carbocycles. The Morgan fingerprint density at radius 3 is 2.92 bits per heavy atom. The number of hydrogen-bond donors (Lipinski definition) is 1. The van der Waals surface area contributed by atoms with Gasteiger partial charge in [-0.05, 0) is 11.6 Å². The van der Waals surface area contributed by atoms with Gasteiger partial charge in [0.2, 0.25) is 0 Å². The second kappa shape index (κ2) is 4.94. The van der Waals surface area contributed by atoms with Gasteiger partial charge in [-0.2, -0.15) is 0 Å². The molecule has 0 aromatic carbocycles. The molecular weight excluding hydrogens is 166 g/mol. The molecule has 1 heterocycles. The quantitative estimate of drug-likeness (QED) is 0.763. The van der Waals surface area contributed by atoms with Crippen molar-refractivity contribution in [2.24, 2.45) is 5.92 Å². The van der Waals surface area contributed by atoms with Crippen LogP contribution in [0.5, 0.6) is 0 Å². The second-order valence-electron chi connectivity index (χ2n) is 3.16. The number of aliphatic hydroxyl groups excluding tert-OH is 1. The lowest BCUT2D eigenvalue weighted by molar-refractivity contribution is 0.0565. The van der Waals surface area contributed by atoms with Crippen molar-refractivity contribution >= 4 is 0 Å². The summed E-state index contributed by atoms with van der Waals surface area (Å²) in [7, 11) is 1.63. The number of aliphatic hydroxyl groups is 1. The molecule has 72 valence electrons. The van der Waals surface area contributed by atoms with Crippen LogP contribution in [0.4, 0.5) is 0 Å². The zero-order chi connectivity index (χ0) is 9.68. The van der Waals surface area contributed by atoms with Gasteiger partial charge >= 0.3 is 0 Å². The summed E-state index contributed by atoms with van der Waals surface area (Å²) in [6, 6.07) is 3.68. The Morgan fingerprint density at radius 1 is 1.62 bits per heavy atom. The van der Waals surface area contributed by atoms with Gasteiger partial charge in [-0.3, -0.25) is 4.98 Å². The zero-order valence-corrected chi connectivity index (χ0v) is 7.97. The van der Waals surface area contributed by atoms with Gasteiger partial charge in [-0.25, -0.2) is 0 Å². The molecule has 0 saturated heterocycles. The molecule has 0 fully saturated rings. The Kier molecular flexibility index (Phi) is 3.86. The maximum absolute atomic E-state index is 9.80. The van der Waals surface area contributed by atoms with Crippen molar-refractivity contribution < 1.29 is 9.84 Å². The number of rotatable bonds is 4. The Hall–Kier alpha value is -0.930. The van der Waals surface area contributed by atoms with Crippen molar-refractivity contribution in [2.75, 3.05) is 13.7 Å². The van der Waals surface area contributed by atoms with Gasteiger partial charge in [-0.15, -0.1) is 0 Å². The van der Waals surface area contributed by atoms with Gasteiger partial charge in [-0.1, -0.05) is 13.0 Å². The van der Waals surface area contributed by atoms with Gasteiger partial charge in [0, 0.05) is 25.4 Å². The third kappa shape index (κ3) is 2.79. The average molecular weight is 181 g/mol. The maximum atomic E-state index is 9.80. The largest absolute Gasteiger partial charge is 0.388 e. The van der Waals surface area contributed by atoms with Crippen LogP contribution < -0.4 is 0 Å². The fraction of sp³-hybridized carbons (Fsp3) is 0.500. The van der Waals surface area contributed by atoms with Crippen LogP contribution in [0.1, 0.15) is 18.6 Å². The number of pyridine rings is 1. The maximum Gasteiger partial charge on any atom is 0.0852 e. The van der Waals surface area contributed by atoms with Crippen LogP contribution in [0.15, 0.2) is 24.5 Å². The summed E-state index contributed by atoms with van der Waals surface area (Å²) in [5.41, 5.74) is 0.840. The van der Waals surface area contributed by atoms with Gasteiger partial charge in [0.25, 0.3) is 0 Å². The van der Waals surface area contributed by atoms with Crippen LogP contribution >= 0.6 is 0 Å². The van der Waals surface area contributed by atoms with Crippen molar-refractivity contribution in [3.63, 3.8) is 0 Å². The third-order valence-electron chi connectivity index (χ3n) is 1.99. The number of ether oxygens (including phenoxy) is 1. The lowest BCUT2D eigenvalue weighted by Gasteiger charge is -2.17. The number of nitrogens with zero attached hydrogens (tertiary/aromatic N) is 1. The molecular formula is C10H15NO2. The molecule has 0 spiro atoms. The van der Waals surface area contributed by atoms with E-state index < -0.39 is 6.10 Å². The van der Waals surface area contributed by atoms with Crippen LogP contribution in [0.3, 0.4) is 0 Å². The van der Waals surface area contributed by atoms with E-state index in [1.165, 1.54) is 0 Å². The summed E-state index contributed by atoms with van der Waals surface area (Å²) in [5.74, 6) is 0.0919. The first-order valence-electron chi connectivity index (χ1n) is 4.32. The highest BCUT2D eigenvalue weighted by atomic mass is 16.5. The average Bonchev–Trinajstić information content (AvgIpc) is 2.18. The van der Waals surface area contributed by atoms with E-state index in [-0.39, 0.29) is 5.92 Å². The lowest BCUT2D eigenvalue weighted by atomic mass is 10.00. The summed E-state index contributed by atoms with van der Waals surface area (Å²) in [5, 5.41) is 9.80. The Morgan fingerprint density at radius 2 is 2.38 bits per heavy atom. The molecule has 0 radical (unpaired) electrons. The Bertz CT molecular complexity index is 238. The summed E-state index contributed by atoms with van der Waals surface area (Å²) < 4.78 is 4.97. The predicted molar refractivity (Wildman–Crippen MR) is 50.2 cm³/mol. The minimum Gasteiger partial charge on any atom is -0.388 e. The molecule has 1 N–H and O–H groups in total. The van der Waals surface area contributed by atoms with Crippen molar-refractivity contribution in [1.29, 1.82) is 0 Å².